The number of amides is 2. The fraction of sp³-hybridized carbons (Fsp3) is 0.148. The highest BCUT2D eigenvalue weighted by Crippen LogP contribution is 2.44. The summed E-state index contributed by atoms with van der Waals surface area (Å²) in [6.45, 7) is 2.94. The van der Waals surface area contributed by atoms with Crippen molar-refractivity contribution in [3.63, 3.8) is 0 Å². The molecule has 35 heavy (non-hydrogen) atoms. The fourth-order valence-electron chi connectivity index (χ4n) is 4.23. The summed E-state index contributed by atoms with van der Waals surface area (Å²) in [4.78, 5) is 36.9. The molecule has 1 aliphatic rings. The minimum atomic E-state index is -1.23. The van der Waals surface area contributed by atoms with Gasteiger partial charge in [-0.15, -0.1) is 6.58 Å². The van der Waals surface area contributed by atoms with Crippen LogP contribution in [0.4, 0.5) is 14.9 Å². The second-order valence-corrected chi connectivity index (χ2v) is 8.01. The quantitative estimate of drug-likeness (QED) is 0.453. The van der Waals surface area contributed by atoms with Crippen molar-refractivity contribution in [2.45, 2.75) is 5.92 Å². The molecule has 0 bridgehead atoms. The number of aliphatic carboxylic acids is 1. The lowest BCUT2D eigenvalue weighted by atomic mass is 9.98. The molecule has 7 nitrogen and oxygen atoms in total. The van der Waals surface area contributed by atoms with Gasteiger partial charge in [0.2, 0.25) is 0 Å². The molecule has 0 unspecified atom stereocenters. The Kier molecular flexibility index (Phi) is 6.91. The molecule has 0 atom stereocenters. The lowest BCUT2D eigenvalue weighted by Gasteiger charge is -2.19. The second-order valence-electron chi connectivity index (χ2n) is 8.01. The van der Waals surface area contributed by atoms with Gasteiger partial charge in [0.15, 0.2) is 0 Å². The van der Waals surface area contributed by atoms with Crippen LogP contribution < -0.4 is 5.32 Å². The predicted molar refractivity (Wildman–Crippen MR) is 129 cm³/mol. The Balaban J connectivity index is 1.42. The molecule has 178 valence electrons. The van der Waals surface area contributed by atoms with E-state index < -0.39 is 30.3 Å². The van der Waals surface area contributed by atoms with Gasteiger partial charge in [-0.2, -0.15) is 0 Å². The van der Waals surface area contributed by atoms with Gasteiger partial charge in [0, 0.05) is 18.2 Å². The lowest BCUT2D eigenvalue weighted by molar-refractivity contribution is -0.137. The maximum Gasteiger partial charge on any atom is 0.411 e. The summed E-state index contributed by atoms with van der Waals surface area (Å²) in [5.74, 6) is -3.03. The Morgan fingerprint density at radius 1 is 1.03 bits per heavy atom. The number of benzene rings is 3. The fourth-order valence-corrected chi connectivity index (χ4v) is 4.23. The van der Waals surface area contributed by atoms with E-state index in [2.05, 4.69) is 11.9 Å². The van der Waals surface area contributed by atoms with Crippen molar-refractivity contribution in [1.82, 2.24) is 4.90 Å². The molecular formula is C27H23FN2O5. The van der Waals surface area contributed by atoms with Crippen LogP contribution >= 0.6 is 0 Å². The molecule has 3 aromatic carbocycles. The third-order valence-electron chi connectivity index (χ3n) is 5.75. The number of rotatable bonds is 8. The maximum atomic E-state index is 14.6. The largest absolute Gasteiger partial charge is 0.480 e. The van der Waals surface area contributed by atoms with Crippen molar-refractivity contribution in [1.29, 1.82) is 0 Å². The highest BCUT2D eigenvalue weighted by atomic mass is 19.1. The Morgan fingerprint density at radius 2 is 1.66 bits per heavy atom. The Bertz CT molecular complexity index is 1260. The van der Waals surface area contributed by atoms with Crippen LogP contribution in [0.15, 0.2) is 79.4 Å². The number of hydrogen-bond donors (Lipinski definition) is 2. The minimum absolute atomic E-state index is 0.0513. The number of carboxylic acids is 1. The van der Waals surface area contributed by atoms with E-state index in [1.165, 1.54) is 18.2 Å². The first-order valence-corrected chi connectivity index (χ1v) is 10.9. The molecule has 0 aliphatic heterocycles. The SMILES string of the molecule is C=CCN(CC(=O)O)C(=O)c1ccc(NC(=O)OCC2c3ccccc3-c3ccccc32)cc1F. The van der Waals surface area contributed by atoms with Crippen LogP contribution in [0.2, 0.25) is 0 Å². The van der Waals surface area contributed by atoms with Gasteiger partial charge >= 0.3 is 12.1 Å². The topological polar surface area (TPSA) is 95.9 Å². The van der Waals surface area contributed by atoms with E-state index in [0.29, 0.717) is 0 Å². The number of hydrogen-bond acceptors (Lipinski definition) is 4. The zero-order chi connectivity index (χ0) is 24.9. The third-order valence-corrected chi connectivity index (χ3v) is 5.75. The summed E-state index contributed by atoms with van der Waals surface area (Å²) in [5.41, 5.74) is 4.14. The van der Waals surface area contributed by atoms with E-state index in [1.807, 2.05) is 48.5 Å². The monoisotopic (exact) mass is 474 g/mol. The summed E-state index contributed by atoms with van der Waals surface area (Å²) in [5, 5.41) is 11.4. The summed E-state index contributed by atoms with van der Waals surface area (Å²) in [7, 11) is 0. The van der Waals surface area contributed by atoms with Crippen LogP contribution in [-0.4, -0.2) is 47.7 Å². The molecule has 0 aromatic heterocycles. The average Bonchev–Trinajstić information content (AvgIpc) is 3.16. The Morgan fingerprint density at radius 3 is 2.23 bits per heavy atom. The zero-order valence-electron chi connectivity index (χ0n) is 18.7. The maximum absolute atomic E-state index is 14.6. The van der Waals surface area contributed by atoms with Gasteiger partial charge in [-0.1, -0.05) is 54.6 Å². The molecule has 0 heterocycles. The highest BCUT2D eigenvalue weighted by Gasteiger charge is 2.29. The van der Waals surface area contributed by atoms with Crippen LogP contribution in [0, 0.1) is 5.82 Å². The number of anilines is 1. The number of halogens is 1. The molecule has 0 spiro atoms. The number of ether oxygens (including phenoxy) is 1. The molecule has 3 aromatic rings. The van der Waals surface area contributed by atoms with Crippen molar-refractivity contribution in [2.24, 2.45) is 0 Å². The first-order chi connectivity index (χ1) is 16.9. The van der Waals surface area contributed by atoms with Crippen molar-refractivity contribution in [3.8, 4) is 11.1 Å². The second kappa shape index (κ2) is 10.2. The van der Waals surface area contributed by atoms with Crippen LogP contribution in [-0.2, 0) is 9.53 Å². The zero-order valence-corrected chi connectivity index (χ0v) is 18.7. The molecule has 2 amide bonds. The Hall–Kier alpha value is -4.46. The van der Waals surface area contributed by atoms with Gasteiger partial charge in [0.1, 0.15) is 19.0 Å². The van der Waals surface area contributed by atoms with E-state index in [9.17, 15) is 18.8 Å². The molecule has 0 saturated carbocycles. The van der Waals surface area contributed by atoms with Crippen molar-refractivity contribution < 1.29 is 28.6 Å². The van der Waals surface area contributed by atoms with Gasteiger partial charge in [-0.25, -0.2) is 9.18 Å². The average molecular weight is 474 g/mol. The summed E-state index contributed by atoms with van der Waals surface area (Å²) >= 11 is 0. The first kappa shape index (κ1) is 23.7. The van der Waals surface area contributed by atoms with E-state index in [-0.39, 0.29) is 30.3 Å². The number of fused-ring (bicyclic) bond motifs is 3. The van der Waals surface area contributed by atoms with E-state index >= 15 is 0 Å². The van der Waals surface area contributed by atoms with Crippen molar-refractivity contribution in [2.75, 3.05) is 25.0 Å². The van der Waals surface area contributed by atoms with Gasteiger partial charge in [0.05, 0.1) is 5.56 Å². The molecule has 0 saturated heterocycles. The molecule has 4 rings (SSSR count). The summed E-state index contributed by atoms with van der Waals surface area (Å²) in [6.07, 6.45) is 0.593. The number of carboxylic acid groups (broad SMARTS) is 1. The number of carbonyl (C=O) groups excluding carboxylic acids is 2. The van der Waals surface area contributed by atoms with Crippen LogP contribution in [0.25, 0.3) is 11.1 Å². The van der Waals surface area contributed by atoms with Crippen molar-refractivity contribution in [3.05, 3.63) is 102 Å². The summed E-state index contributed by atoms with van der Waals surface area (Å²) in [6, 6.07) is 19.4. The van der Waals surface area contributed by atoms with Crippen molar-refractivity contribution >= 4 is 23.7 Å². The van der Waals surface area contributed by atoms with Gasteiger partial charge in [-0.05, 0) is 40.5 Å². The van der Waals surface area contributed by atoms with E-state index in [0.717, 1.165) is 33.2 Å². The smallest absolute Gasteiger partial charge is 0.411 e. The minimum Gasteiger partial charge on any atom is -0.480 e. The molecule has 1 aliphatic carbocycles. The Labute approximate surface area is 201 Å². The normalized spacial score (nSPS) is 11.8. The third kappa shape index (κ3) is 5.06. The van der Waals surface area contributed by atoms with Gasteiger partial charge < -0.3 is 14.7 Å². The molecule has 2 N–H and O–H groups in total. The first-order valence-electron chi connectivity index (χ1n) is 10.9. The molecule has 0 fully saturated rings. The number of nitrogens with one attached hydrogen (secondary N) is 1. The van der Waals surface area contributed by atoms with Crippen LogP contribution in [0.1, 0.15) is 27.4 Å². The van der Waals surface area contributed by atoms with E-state index in [1.54, 1.807) is 0 Å². The van der Waals surface area contributed by atoms with Crippen LogP contribution in [0.3, 0.4) is 0 Å². The van der Waals surface area contributed by atoms with Gasteiger partial charge in [-0.3, -0.25) is 14.9 Å². The predicted octanol–water partition coefficient (Wildman–Crippen LogP) is 4.90. The molecule has 8 heteroatoms. The lowest BCUT2D eigenvalue weighted by Crippen LogP contribution is -2.36. The molecule has 0 radical (unpaired) electrons. The summed E-state index contributed by atoms with van der Waals surface area (Å²) < 4.78 is 20.1. The number of nitrogens with zero attached hydrogens (tertiary/aromatic N) is 1. The van der Waals surface area contributed by atoms with Gasteiger partial charge in [0.25, 0.3) is 5.91 Å². The number of carbonyl (C=O) groups is 3. The molecular weight excluding hydrogens is 451 g/mol. The van der Waals surface area contributed by atoms with E-state index in [4.69, 9.17) is 9.84 Å². The highest BCUT2D eigenvalue weighted by molar-refractivity contribution is 5.97. The standard InChI is InChI=1S/C27H23FN2O5/c1-2-13-30(15-25(31)32)26(33)22-12-11-17(14-24(22)28)29-27(34)35-16-23-20-9-5-3-7-18(20)19-8-4-6-10-21(19)23/h2-12,14,23H,1,13,15-16H2,(H,29,34)(H,31,32). The van der Waals surface area contributed by atoms with Crippen LogP contribution in [0.5, 0.6) is 0 Å².